The summed E-state index contributed by atoms with van der Waals surface area (Å²) in [5.74, 6) is 2.01. The molecular formula is C22H30N4S. The average Bonchev–Trinajstić information content (AvgIpc) is 3.31. The van der Waals surface area contributed by atoms with E-state index in [4.69, 9.17) is 5.73 Å². The normalized spacial score (nSPS) is 25.4. The molecule has 0 radical (unpaired) electrons. The van der Waals surface area contributed by atoms with Crippen LogP contribution >= 0.6 is 11.3 Å². The second-order valence-electron chi connectivity index (χ2n) is 8.17. The topological polar surface area (TPSA) is 62.4 Å². The van der Waals surface area contributed by atoms with Gasteiger partial charge in [0.25, 0.3) is 0 Å². The Balaban J connectivity index is 1.44. The van der Waals surface area contributed by atoms with Gasteiger partial charge in [0.1, 0.15) is 5.84 Å². The molecule has 2 heterocycles. The maximum atomic E-state index is 6.14. The number of thiophene rings is 1. The van der Waals surface area contributed by atoms with E-state index in [-0.39, 0.29) is 0 Å². The Morgan fingerprint density at radius 1 is 1.22 bits per heavy atom. The van der Waals surface area contributed by atoms with E-state index in [1.165, 1.54) is 36.9 Å². The van der Waals surface area contributed by atoms with Crippen LogP contribution in [0.3, 0.4) is 0 Å². The van der Waals surface area contributed by atoms with E-state index < -0.39 is 0 Å². The van der Waals surface area contributed by atoms with E-state index in [1.54, 1.807) is 11.3 Å². The van der Waals surface area contributed by atoms with Crippen LogP contribution in [-0.2, 0) is 0 Å². The summed E-state index contributed by atoms with van der Waals surface area (Å²) in [6.07, 6.45) is 5.24. The first-order valence-electron chi connectivity index (χ1n) is 10.1. The second kappa shape index (κ2) is 8.03. The molecule has 4 nitrogen and oxygen atoms in total. The van der Waals surface area contributed by atoms with E-state index in [0.717, 1.165) is 23.0 Å². The molecule has 4 rings (SSSR count). The van der Waals surface area contributed by atoms with Gasteiger partial charge in [-0.2, -0.15) is 0 Å². The molecule has 4 N–H and O–H groups in total. The zero-order chi connectivity index (χ0) is 18.8. The van der Waals surface area contributed by atoms with Crippen LogP contribution in [0.2, 0.25) is 0 Å². The Hall–Kier alpha value is -1.85. The first-order chi connectivity index (χ1) is 13.1. The number of fused-ring (bicyclic) bond motifs is 1. The fraction of sp³-hybridized carbons (Fsp3) is 0.500. The summed E-state index contributed by atoms with van der Waals surface area (Å²) in [6, 6.07) is 11.8. The predicted octanol–water partition coefficient (Wildman–Crippen LogP) is 4.85. The zero-order valence-corrected chi connectivity index (χ0v) is 17.1. The molecule has 0 spiro atoms. The van der Waals surface area contributed by atoms with Crippen LogP contribution in [0.4, 0.5) is 11.4 Å². The van der Waals surface area contributed by atoms with Gasteiger partial charge in [0, 0.05) is 30.2 Å². The Labute approximate surface area is 166 Å². The van der Waals surface area contributed by atoms with Crippen LogP contribution in [0.5, 0.6) is 0 Å². The molecule has 1 aromatic carbocycles. The van der Waals surface area contributed by atoms with Gasteiger partial charge in [-0.05, 0) is 60.7 Å². The summed E-state index contributed by atoms with van der Waals surface area (Å²) in [5, 5.41) is 9.35. The molecule has 27 heavy (non-hydrogen) atoms. The van der Waals surface area contributed by atoms with Crippen LogP contribution < -0.4 is 16.4 Å². The van der Waals surface area contributed by atoms with Gasteiger partial charge in [-0.15, -0.1) is 11.3 Å². The van der Waals surface area contributed by atoms with Crippen molar-refractivity contribution in [1.29, 1.82) is 0 Å². The second-order valence-corrected chi connectivity index (χ2v) is 9.11. The molecule has 1 saturated carbocycles. The Morgan fingerprint density at radius 3 is 2.74 bits per heavy atom. The van der Waals surface area contributed by atoms with Gasteiger partial charge >= 0.3 is 0 Å². The number of nitrogens with two attached hydrogens (primary N) is 1. The van der Waals surface area contributed by atoms with Crippen LogP contribution in [-0.4, -0.2) is 24.5 Å². The van der Waals surface area contributed by atoms with Crippen molar-refractivity contribution in [2.75, 3.05) is 11.9 Å². The molecule has 0 saturated heterocycles. The van der Waals surface area contributed by atoms with Crippen LogP contribution in [0, 0.1) is 5.92 Å². The highest BCUT2D eigenvalue weighted by atomic mass is 32.1. The standard InChI is InChI=1S/C22H30N4S/c1-14(2)25-16-7-5-15(6-8-16)19-13-24-20-12-17(9-10-18(19)20)26-22(23)21-4-3-11-27-21/h3-4,9-12,14-16,19,24-25H,5-8,13H2,1-2H3,(H2,23,26). The monoisotopic (exact) mass is 382 g/mol. The predicted molar refractivity (Wildman–Crippen MR) is 116 cm³/mol. The number of amidine groups is 1. The highest BCUT2D eigenvalue weighted by molar-refractivity contribution is 7.12. The fourth-order valence-electron chi connectivity index (χ4n) is 4.62. The van der Waals surface area contributed by atoms with Crippen molar-refractivity contribution in [3.8, 4) is 0 Å². The largest absolute Gasteiger partial charge is 0.384 e. The molecule has 2 aliphatic rings. The first-order valence-corrected chi connectivity index (χ1v) is 11.0. The summed E-state index contributed by atoms with van der Waals surface area (Å²) in [5.41, 5.74) is 9.77. The van der Waals surface area contributed by atoms with Crippen LogP contribution in [0.1, 0.15) is 55.9 Å². The number of hydrogen-bond donors (Lipinski definition) is 3. The van der Waals surface area contributed by atoms with Gasteiger partial charge in [-0.1, -0.05) is 26.0 Å². The summed E-state index contributed by atoms with van der Waals surface area (Å²) in [7, 11) is 0. The minimum absolute atomic E-state index is 0.584. The Kier molecular flexibility index (Phi) is 5.50. The average molecular weight is 383 g/mol. The van der Waals surface area contributed by atoms with Gasteiger partial charge in [-0.25, -0.2) is 4.99 Å². The third-order valence-electron chi connectivity index (χ3n) is 5.88. The lowest BCUT2D eigenvalue weighted by Crippen LogP contribution is -2.38. The van der Waals surface area contributed by atoms with Crippen molar-refractivity contribution < 1.29 is 0 Å². The SMILES string of the molecule is CC(C)NC1CCC(C2CNc3cc(N=C(N)c4cccs4)ccc32)CC1. The molecule has 1 fully saturated rings. The van der Waals surface area contributed by atoms with Gasteiger partial charge in [-0.3, -0.25) is 0 Å². The van der Waals surface area contributed by atoms with E-state index in [2.05, 4.69) is 47.7 Å². The summed E-state index contributed by atoms with van der Waals surface area (Å²) >= 11 is 1.62. The minimum Gasteiger partial charge on any atom is -0.384 e. The first kappa shape index (κ1) is 18.5. The molecule has 1 aliphatic carbocycles. The third-order valence-corrected chi connectivity index (χ3v) is 6.77. The van der Waals surface area contributed by atoms with Gasteiger partial charge < -0.3 is 16.4 Å². The van der Waals surface area contributed by atoms with Gasteiger partial charge in [0.15, 0.2) is 0 Å². The van der Waals surface area contributed by atoms with Crippen LogP contribution in [0.15, 0.2) is 40.7 Å². The number of nitrogens with one attached hydrogen (secondary N) is 2. The number of nitrogens with zero attached hydrogens (tertiary/aromatic N) is 1. The molecule has 1 atom stereocenters. The van der Waals surface area contributed by atoms with Gasteiger partial charge in [0.2, 0.25) is 0 Å². The Bertz CT molecular complexity index is 789. The van der Waals surface area contributed by atoms with Crippen molar-refractivity contribution in [2.45, 2.75) is 57.5 Å². The molecule has 2 aromatic rings. The Morgan fingerprint density at radius 2 is 2.04 bits per heavy atom. The van der Waals surface area contributed by atoms with Crippen molar-refractivity contribution in [2.24, 2.45) is 16.6 Å². The summed E-state index contributed by atoms with van der Waals surface area (Å²) in [4.78, 5) is 5.63. The van der Waals surface area contributed by atoms with Gasteiger partial charge in [0.05, 0.1) is 10.6 Å². The number of hydrogen-bond acceptors (Lipinski definition) is 4. The van der Waals surface area contributed by atoms with Crippen molar-refractivity contribution >= 4 is 28.5 Å². The number of rotatable bonds is 5. The van der Waals surface area contributed by atoms with Crippen molar-refractivity contribution in [3.05, 3.63) is 46.2 Å². The smallest absolute Gasteiger partial charge is 0.141 e. The summed E-state index contributed by atoms with van der Waals surface area (Å²) < 4.78 is 0. The molecule has 144 valence electrons. The van der Waals surface area contributed by atoms with E-state index >= 15 is 0 Å². The lowest BCUT2D eigenvalue weighted by molar-refractivity contribution is 0.256. The quantitative estimate of drug-likeness (QED) is 0.512. The third kappa shape index (κ3) is 4.19. The number of aliphatic imine (C=N–C) groups is 1. The molecular weight excluding hydrogens is 352 g/mol. The number of anilines is 1. The van der Waals surface area contributed by atoms with E-state index in [1.807, 2.05) is 17.5 Å². The molecule has 1 unspecified atom stereocenters. The highest BCUT2D eigenvalue weighted by Gasteiger charge is 2.32. The zero-order valence-electron chi connectivity index (χ0n) is 16.2. The van der Waals surface area contributed by atoms with Crippen molar-refractivity contribution in [1.82, 2.24) is 5.32 Å². The summed E-state index contributed by atoms with van der Waals surface area (Å²) in [6.45, 7) is 5.54. The maximum Gasteiger partial charge on any atom is 0.141 e. The molecule has 1 aromatic heterocycles. The molecule has 0 amide bonds. The number of benzene rings is 1. The van der Waals surface area contributed by atoms with E-state index in [0.29, 0.717) is 23.8 Å². The van der Waals surface area contributed by atoms with E-state index in [9.17, 15) is 0 Å². The van der Waals surface area contributed by atoms with Crippen LogP contribution in [0.25, 0.3) is 0 Å². The highest BCUT2D eigenvalue weighted by Crippen LogP contribution is 2.43. The lowest BCUT2D eigenvalue weighted by Gasteiger charge is -2.33. The lowest BCUT2D eigenvalue weighted by atomic mass is 9.76. The molecule has 0 bridgehead atoms. The minimum atomic E-state index is 0.584. The van der Waals surface area contributed by atoms with Crippen molar-refractivity contribution in [3.63, 3.8) is 0 Å². The molecule has 5 heteroatoms. The fourth-order valence-corrected chi connectivity index (χ4v) is 5.25. The maximum absolute atomic E-state index is 6.14. The molecule has 1 aliphatic heterocycles.